The second-order valence-electron chi connectivity index (χ2n) is 4.00. The molecule has 0 fully saturated rings. The van der Waals surface area contributed by atoms with Gasteiger partial charge in [-0.25, -0.2) is 0 Å². The Morgan fingerprint density at radius 2 is 2.12 bits per heavy atom. The van der Waals surface area contributed by atoms with E-state index in [2.05, 4.69) is 18.4 Å². The molecule has 1 atom stereocenters. The summed E-state index contributed by atoms with van der Waals surface area (Å²) >= 11 is 0. The maximum atomic E-state index is 10.5. The first-order chi connectivity index (χ1) is 8.15. The van der Waals surface area contributed by atoms with Gasteiger partial charge in [-0.1, -0.05) is 24.3 Å². The van der Waals surface area contributed by atoms with E-state index in [0.29, 0.717) is 6.42 Å². The lowest BCUT2D eigenvalue weighted by Gasteiger charge is -2.29. The van der Waals surface area contributed by atoms with E-state index < -0.39 is 5.97 Å². The Balaban J connectivity index is 2.68. The zero-order chi connectivity index (χ0) is 12.7. The molecule has 0 aliphatic heterocycles. The SMILES string of the molecule is C=CC(C)N(CCCC(=O)O)c1ccccc1. The van der Waals surface area contributed by atoms with E-state index >= 15 is 0 Å². The second kappa shape index (κ2) is 6.74. The fraction of sp³-hybridized carbons (Fsp3) is 0.357. The first-order valence-corrected chi connectivity index (χ1v) is 5.81. The number of carboxylic acid groups (broad SMARTS) is 1. The van der Waals surface area contributed by atoms with Crippen LogP contribution in [0.5, 0.6) is 0 Å². The van der Waals surface area contributed by atoms with Gasteiger partial charge in [0.25, 0.3) is 0 Å². The maximum Gasteiger partial charge on any atom is 0.303 e. The molecule has 1 unspecified atom stereocenters. The molecule has 0 aliphatic carbocycles. The molecule has 0 amide bonds. The van der Waals surface area contributed by atoms with Crippen molar-refractivity contribution in [2.75, 3.05) is 11.4 Å². The molecule has 17 heavy (non-hydrogen) atoms. The molecular weight excluding hydrogens is 214 g/mol. The van der Waals surface area contributed by atoms with Gasteiger partial charge in [-0.05, 0) is 25.5 Å². The summed E-state index contributed by atoms with van der Waals surface area (Å²) in [4.78, 5) is 12.7. The largest absolute Gasteiger partial charge is 0.481 e. The first-order valence-electron chi connectivity index (χ1n) is 5.81. The predicted octanol–water partition coefficient (Wildman–Crippen LogP) is 2.93. The summed E-state index contributed by atoms with van der Waals surface area (Å²) in [5.74, 6) is -0.746. The van der Waals surface area contributed by atoms with Crippen molar-refractivity contribution in [3.63, 3.8) is 0 Å². The molecule has 0 spiro atoms. The number of rotatable bonds is 7. The summed E-state index contributed by atoms with van der Waals surface area (Å²) < 4.78 is 0. The number of nitrogens with zero attached hydrogens (tertiary/aromatic N) is 1. The lowest BCUT2D eigenvalue weighted by Crippen LogP contribution is -2.32. The molecule has 0 saturated carbocycles. The Bertz CT molecular complexity index is 362. The third kappa shape index (κ3) is 4.31. The summed E-state index contributed by atoms with van der Waals surface area (Å²) in [5.41, 5.74) is 1.10. The van der Waals surface area contributed by atoms with Gasteiger partial charge in [0.2, 0.25) is 0 Å². The van der Waals surface area contributed by atoms with Crippen LogP contribution in [0.2, 0.25) is 0 Å². The predicted molar refractivity (Wildman–Crippen MR) is 70.3 cm³/mol. The highest BCUT2D eigenvalue weighted by Crippen LogP contribution is 2.17. The summed E-state index contributed by atoms with van der Waals surface area (Å²) in [5, 5.41) is 8.65. The third-order valence-electron chi connectivity index (χ3n) is 2.71. The average Bonchev–Trinajstić information content (AvgIpc) is 2.34. The van der Waals surface area contributed by atoms with Crippen LogP contribution in [0.25, 0.3) is 0 Å². The molecule has 0 radical (unpaired) electrons. The molecule has 0 aliphatic rings. The van der Waals surface area contributed by atoms with Gasteiger partial charge in [0.05, 0.1) is 0 Å². The van der Waals surface area contributed by atoms with Crippen LogP contribution in [-0.4, -0.2) is 23.7 Å². The summed E-state index contributed by atoms with van der Waals surface area (Å²) in [6.07, 6.45) is 2.71. The van der Waals surface area contributed by atoms with Gasteiger partial charge in [0.15, 0.2) is 0 Å². The van der Waals surface area contributed by atoms with Crippen molar-refractivity contribution < 1.29 is 9.90 Å². The van der Waals surface area contributed by atoms with Crippen molar-refractivity contribution >= 4 is 11.7 Å². The number of carboxylic acids is 1. The summed E-state index contributed by atoms with van der Waals surface area (Å²) in [7, 11) is 0. The van der Waals surface area contributed by atoms with Gasteiger partial charge < -0.3 is 10.0 Å². The number of hydrogen-bond acceptors (Lipinski definition) is 2. The van der Waals surface area contributed by atoms with Crippen molar-refractivity contribution in [1.82, 2.24) is 0 Å². The van der Waals surface area contributed by atoms with E-state index in [4.69, 9.17) is 5.11 Å². The minimum absolute atomic E-state index is 0.200. The van der Waals surface area contributed by atoms with Gasteiger partial charge >= 0.3 is 5.97 Å². The number of benzene rings is 1. The van der Waals surface area contributed by atoms with E-state index in [1.54, 1.807) is 0 Å². The average molecular weight is 233 g/mol. The number of para-hydroxylation sites is 1. The third-order valence-corrected chi connectivity index (χ3v) is 2.71. The lowest BCUT2D eigenvalue weighted by atomic mass is 10.2. The number of carbonyl (C=O) groups is 1. The molecule has 0 bridgehead atoms. The summed E-state index contributed by atoms with van der Waals surface area (Å²) in [6.45, 7) is 6.57. The molecule has 1 rings (SSSR count). The van der Waals surface area contributed by atoms with Crippen molar-refractivity contribution in [2.24, 2.45) is 0 Å². The van der Waals surface area contributed by atoms with Crippen molar-refractivity contribution in [3.8, 4) is 0 Å². The van der Waals surface area contributed by atoms with Crippen LogP contribution < -0.4 is 4.90 Å². The van der Waals surface area contributed by atoms with Crippen LogP contribution >= 0.6 is 0 Å². The van der Waals surface area contributed by atoms with Crippen LogP contribution in [0.4, 0.5) is 5.69 Å². The van der Waals surface area contributed by atoms with Gasteiger partial charge in [0, 0.05) is 24.7 Å². The highest BCUT2D eigenvalue weighted by Gasteiger charge is 2.11. The van der Waals surface area contributed by atoms with Gasteiger partial charge in [-0.3, -0.25) is 4.79 Å². The number of aliphatic carboxylic acids is 1. The van der Waals surface area contributed by atoms with E-state index in [-0.39, 0.29) is 12.5 Å². The molecule has 0 aromatic heterocycles. The number of hydrogen-bond donors (Lipinski definition) is 1. The minimum Gasteiger partial charge on any atom is -0.481 e. The van der Waals surface area contributed by atoms with Crippen LogP contribution in [-0.2, 0) is 4.79 Å². The van der Waals surface area contributed by atoms with E-state index in [9.17, 15) is 4.79 Å². The standard InChI is InChI=1S/C14H19NO2/c1-3-12(2)15(11-7-10-14(16)17)13-8-5-4-6-9-13/h3-6,8-9,12H,1,7,10-11H2,2H3,(H,16,17). The van der Waals surface area contributed by atoms with Crippen LogP contribution in [0.1, 0.15) is 19.8 Å². The lowest BCUT2D eigenvalue weighted by molar-refractivity contribution is -0.137. The maximum absolute atomic E-state index is 10.5. The fourth-order valence-electron chi connectivity index (χ4n) is 1.72. The molecule has 0 saturated heterocycles. The van der Waals surface area contributed by atoms with Crippen molar-refractivity contribution in [3.05, 3.63) is 43.0 Å². The topological polar surface area (TPSA) is 40.5 Å². The Morgan fingerprint density at radius 1 is 1.47 bits per heavy atom. The Labute approximate surface area is 102 Å². The molecule has 3 heteroatoms. The molecule has 0 heterocycles. The van der Waals surface area contributed by atoms with Crippen LogP contribution in [0, 0.1) is 0 Å². The fourth-order valence-corrected chi connectivity index (χ4v) is 1.72. The van der Waals surface area contributed by atoms with Gasteiger partial charge in [0.1, 0.15) is 0 Å². The van der Waals surface area contributed by atoms with Gasteiger partial charge in [-0.2, -0.15) is 0 Å². The van der Waals surface area contributed by atoms with E-state index in [1.807, 2.05) is 36.4 Å². The highest BCUT2D eigenvalue weighted by molar-refractivity contribution is 5.66. The zero-order valence-electron chi connectivity index (χ0n) is 10.2. The molecule has 1 aromatic rings. The smallest absolute Gasteiger partial charge is 0.303 e. The quantitative estimate of drug-likeness (QED) is 0.736. The molecular formula is C14H19NO2. The molecule has 1 aromatic carbocycles. The second-order valence-corrected chi connectivity index (χ2v) is 4.00. The normalized spacial score (nSPS) is 11.8. The Hall–Kier alpha value is -1.77. The van der Waals surface area contributed by atoms with Crippen molar-refractivity contribution in [1.29, 1.82) is 0 Å². The summed E-state index contributed by atoms with van der Waals surface area (Å²) in [6, 6.07) is 10.2. The van der Waals surface area contributed by atoms with Crippen molar-refractivity contribution in [2.45, 2.75) is 25.8 Å². The highest BCUT2D eigenvalue weighted by atomic mass is 16.4. The minimum atomic E-state index is -0.746. The monoisotopic (exact) mass is 233 g/mol. The van der Waals surface area contributed by atoms with E-state index in [0.717, 1.165) is 12.2 Å². The molecule has 1 N–H and O–H groups in total. The first kappa shape index (κ1) is 13.3. The van der Waals surface area contributed by atoms with E-state index in [1.165, 1.54) is 0 Å². The zero-order valence-corrected chi connectivity index (χ0v) is 10.2. The van der Waals surface area contributed by atoms with Crippen LogP contribution in [0.3, 0.4) is 0 Å². The number of anilines is 1. The van der Waals surface area contributed by atoms with Crippen LogP contribution in [0.15, 0.2) is 43.0 Å². The Morgan fingerprint density at radius 3 is 2.65 bits per heavy atom. The molecule has 92 valence electrons. The van der Waals surface area contributed by atoms with Gasteiger partial charge in [-0.15, -0.1) is 6.58 Å². The Kier molecular flexibility index (Phi) is 5.27. The molecule has 3 nitrogen and oxygen atoms in total.